The summed E-state index contributed by atoms with van der Waals surface area (Å²) in [6, 6.07) is 18.3. The van der Waals surface area contributed by atoms with Gasteiger partial charge in [-0.3, -0.25) is 4.79 Å². The van der Waals surface area contributed by atoms with Gasteiger partial charge in [-0.1, -0.05) is 70.2 Å². The van der Waals surface area contributed by atoms with Gasteiger partial charge < -0.3 is 10.3 Å². The molecule has 0 aliphatic rings. The predicted molar refractivity (Wildman–Crippen MR) is 108 cm³/mol. The van der Waals surface area contributed by atoms with Crippen molar-refractivity contribution >= 4 is 33.6 Å². The SMILES string of the molecule is NC(=O)CCSc1nnc(-c2ccc(Br)cc2)n1CCc1ccccc1. The van der Waals surface area contributed by atoms with Crippen LogP contribution in [0.25, 0.3) is 11.4 Å². The van der Waals surface area contributed by atoms with Crippen LogP contribution in [0.1, 0.15) is 12.0 Å². The molecular weight excluding hydrogens is 412 g/mol. The van der Waals surface area contributed by atoms with Crippen LogP contribution in [0.15, 0.2) is 64.2 Å². The van der Waals surface area contributed by atoms with Gasteiger partial charge in [-0.15, -0.1) is 10.2 Å². The Hall–Kier alpha value is -2.12. The number of primary amides is 1. The molecule has 1 heterocycles. The molecule has 0 bridgehead atoms. The lowest BCUT2D eigenvalue weighted by Crippen LogP contribution is -2.11. The fourth-order valence-electron chi connectivity index (χ4n) is 2.54. The van der Waals surface area contributed by atoms with Gasteiger partial charge in [0.05, 0.1) is 0 Å². The van der Waals surface area contributed by atoms with E-state index in [4.69, 9.17) is 5.73 Å². The van der Waals surface area contributed by atoms with Crippen molar-refractivity contribution in [3.8, 4) is 11.4 Å². The fourth-order valence-corrected chi connectivity index (χ4v) is 3.72. The second kappa shape index (κ2) is 9.00. The summed E-state index contributed by atoms with van der Waals surface area (Å²) >= 11 is 4.97. The van der Waals surface area contributed by atoms with Gasteiger partial charge in [-0.2, -0.15) is 0 Å². The lowest BCUT2D eigenvalue weighted by Gasteiger charge is -2.10. The van der Waals surface area contributed by atoms with Crippen LogP contribution in [0.4, 0.5) is 0 Å². The molecule has 0 fully saturated rings. The zero-order valence-electron chi connectivity index (χ0n) is 14.1. The summed E-state index contributed by atoms with van der Waals surface area (Å²) in [6.45, 7) is 0.765. The molecule has 0 saturated carbocycles. The number of carbonyl (C=O) groups excluding carboxylic acids is 1. The molecule has 0 aliphatic carbocycles. The van der Waals surface area contributed by atoms with Crippen molar-refractivity contribution in [3.63, 3.8) is 0 Å². The number of nitrogens with zero attached hydrogens (tertiary/aromatic N) is 3. The molecular formula is C19H19BrN4OS. The van der Waals surface area contributed by atoms with E-state index in [-0.39, 0.29) is 5.91 Å². The van der Waals surface area contributed by atoms with Gasteiger partial charge in [0.1, 0.15) is 0 Å². The number of rotatable bonds is 8. The van der Waals surface area contributed by atoms with E-state index < -0.39 is 0 Å². The van der Waals surface area contributed by atoms with Crippen molar-refractivity contribution < 1.29 is 4.79 Å². The third kappa shape index (κ3) is 4.95. The molecule has 1 amide bonds. The highest BCUT2D eigenvalue weighted by molar-refractivity contribution is 9.10. The summed E-state index contributed by atoms with van der Waals surface area (Å²) in [5, 5.41) is 9.53. The largest absolute Gasteiger partial charge is 0.370 e. The zero-order chi connectivity index (χ0) is 18.4. The number of amides is 1. The maximum absolute atomic E-state index is 11.0. The Morgan fingerprint density at radius 1 is 1.08 bits per heavy atom. The molecule has 134 valence electrons. The van der Waals surface area contributed by atoms with Crippen molar-refractivity contribution in [1.29, 1.82) is 0 Å². The van der Waals surface area contributed by atoms with Crippen LogP contribution in [-0.2, 0) is 17.8 Å². The number of halogens is 1. The van der Waals surface area contributed by atoms with Crippen LogP contribution in [0.2, 0.25) is 0 Å². The Morgan fingerprint density at radius 3 is 2.50 bits per heavy atom. The van der Waals surface area contributed by atoms with E-state index in [1.807, 2.05) is 42.5 Å². The topological polar surface area (TPSA) is 73.8 Å². The van der Waals surface area contributed by atoms with Crippen LogP contribution in [0.5, 0.6) is 0 Å². The first-order valence-electron chi connectivity index (χ1n) is 8.27. The van der Waals surface area contributed by atoms with Crippen LogP contribution in [-0.4, -0.2) is 26.4 Å². The molecule has 0 radical (unpaired) electrons. The molecule has 0 spiro atoms. The maximum Gasteiger partial charge on any atom is 0.218 e. The second-order valence-corrected chi connectivity index (χ2v) is 7.74. The first-order chi connectivity index (χ1) is 12.6. The fraction of sp³-hybridized carbons (Fsp3) is 0.211. The standard InChI is InChI=1S/C19H19BrN4OS/c20-16-8-6-15(7-9-16)18-22-23-19(26-13-11-17(21)25)24(18)12-10-14-4-2-1-3-5-14/h1-9H,10-13H2,(H2,21,25). The normalized spacial score (nSPS) is 10.8. The summed E-state index contributed by atoms with van der Waals surface area (Å²) in [4.78, 5) is 11.0. The molecule has 0 aliphatic heterocycles. The third-order valence-corrected chi connectivity index (χ3v) is 5.36. The van der Waals surface area contributed by atoms with Crippen molar-refractivity contribution in [3.05, 3.63) is 64.6 Å². The highest BCUT2D eigenvalue weighted by atomic mass is 79.9. The van der Waals surface area contributed by atoms with Gasteiger partial charge in [0.2, 0.25) is 5.91 Å². The average Bonchev–Trinajstić information content (AvgIpc) is 3.04. The second-order valence-electron chi connectivity index (χ2n) is 5.77. The molecule has 1 aromatic heterocycles. The molecule has 0 atom stereocenters. The summed E-state index contributed by atoms with van der Waals surface area (Å²) in [7, 11) is 0. The Balaban J connectivity index is 1.84. The van der Waals surface area contributed by atoms with Crippen molar-refractivity contribution in [2.45, 2.75) is 24.5 Å². The van der Waals surface area contributed by atoms with Crippen LogP contribution in [0, 0.1) is 0 Å². The molecule has 3 aromatic rings. The Kier molecular flexibility index (Phi) is 6.46. The van der Waals surface area contributed by atoms with Gasteiger partial charge in [0, 0.05) is 28.8 Å². The van der Waals surface area contributed by atoms with Crippen LogP contribution in [0.3, 0.4) is 0 Å². The van der Waals surface area contributed by atoms with Gasteiger partial charge in [0.15, 0.2) is 11.0 Å². The summed E-state index contributed by atoms with van der Waals surface area (Å²) in [6.07, 6.45) is 1.20. The molecule has 0 saturated heterocycles. The highest BCUT2D eigenvalue weighted by Crippen LogP contribution is 2.26. The number of hydrogen-bond acceptors (Lipinski definition) is 4. The summed E-state index contributed by atoms with van der Waals surface area (Å²) < 4.78 is 3.13. The number of nitrogens with two attached hydrogens (primary N) is 1. The third-order valence-electron chi connectivity index (χ3n) is 3.87. The van der Waals surface area contributed by atoms with Crippen molar-refractivity contribution in [2.75, 3.05) is 5.75 Å². The zero-order valence-corrected chi connectivity index (χ0v) is 16.5. The van der Waals surface area contributed by atoms with Gasteiger partial charge in [-0.05, 0) is 24.1 Å². The van der Waals surface area contributed by atoms with Gasteiger partial charge in [-0.25, -0.2) is 0 Å². The number of hydrogen-bond donors (Lipinski definition) is 1. The first kappa shape index (κ1) is 18.7. The van der Waals surface area contributed by atoms with E-state index in [0.717, 1.165) is 34.0 Å². The molecule has 26 heavy (non-hydrogen) atoms. The van der Waals surface area contributed by atoms with Gasteiger partial charge in [0.25, 0.3) is 0 Å². The number of benzene rings is 2. The van der Waals surface area contributed by atoms with E-state index in [0.29, 0.717) is 12.2 Å². The number of aryl methyl sites for hydroxylation is 1. The van der Waals surface area contributed by atoms with E-state index >= 15 is 0 Å². The lowest BCUT2D eigenvalue weighted by atomic mass is 10.1. The quantitative estimate of drug-likeness (QED) is 0.549. The molecule has 3 rings (SSSR count). The monoisotopic (exact) mass is 430 g/mol. The Bertz CT molecular complexity index is 865. The minimum atomic E-state index is -0.305. The molecule has 0 unspecified atom stereocenters. The number of carbonyl (C=O) groups is 1. The van der Waals surface area contributed by atoms with Crippen molar-refractivity contribution in [1.82, 2.24) is 14.8 Å². The van der Waals surface area contributed by atoms with Crippen molar-refractivity contribution in [2.24, 2.45) is 5.73 Å². The average molecular weight is 431 g/mol. The number of aromatic nitrogens is 3. The summed E-state index contributed by atoms with van der Waals surface area (Å²) in [5.41, 5.74) is 7.51. The van der Waals surface area contributed by atoms with Crippen LogP contribution < -0.4 is 5.73 Å². The smallest absolute Gasteiger partial charge is 0.218 e. The highest BCUT2D eigenvalue weighted by Gasteiger charge is 2.14. The predicted octanol–water partition coefficient (Wildman–Crippen LogP) is 3.92. The van der Waals surface area contributed by atoms with Gasteiger partial charge >= 0.3 is 0 Å². The molecule has 5 nitrogen and oxygen atoms in total. The van der Waals surface area contributed by atoms with Crippen LogP contribution >= 0.6 is 27.7 Å². The first-order valence-corrected chi connectivity index (χ1v) is 10.1. The summed E-state index contributed by atoms with van der Waals surface area (Å²) in [5.74, 6) is 1.12. The lowest BCUT2D eigenvalue weighted by molar-refractivity contribution is -0.117. The Morgan fingerprint density at radius 2 is 1.81 bits per heavy atom. The Labute approximate surface area is 165 Å². The van der Waals surface area contributed by atoms with E-state index in [2.05, 4.69) is 42.8 Å². The maximum atomic E-state index is 11.0. The number of thioether (sulfide) groups is 1. The minimum absolute atomic E-state index is 0.305. The van der Waals surface area contributed by atoms with E-state index in [1.165, 1.54) is 17.3 Å². The van der Waals surface area contributed by atoms with E-state index in [9.17, 15) is 4.79 Å². The molecule has 7 heteroatoms. The molecule has 2 N–H and O–H groups in total. The minimum Gasteiger partial charge on any atom is -0.370 e. The van der Waals surface area contributed by atoms with E-state index in [1.54, 1.807) is 0 Å². The molecule has 2 aromatic carbocycles.